The first-order valence-electron chi connectivity index (χ1n) is 7.66. The van der Waals surface area contributed by atoms with Crippen molar-refractivity contribution in [3.8, 4) is 0 Å². The van der Waals surface area contributed by atoms with Crippen molar-refractivity contribution >= 4 is 16.4 Å². The third-order valence-corrected chi connectivity index (χ3v) is 11.9. The standard InChI is InChI=1S/C8H18Si.C6H15NOSi/c1-8-6-4-5-7-9(8,2)3;1-9(2)5-3-4-6(7)8-9/h8H,4-7H2,1-3H3;6H,3-5,7H2,1-2H3. The maximum Gasteiger partial charge on any atom is 0.188 e. The summed E-state index contributed by atoms with van der Waals surface area (Å²) in [5.74, 6) is 0. The molecule has 18 heavy (non-hydrogen) atoms. The Morgan fingerprint density at radius 1 is 0.944 bits per heavy atom. The van der Waals surface area contributed by atoms with Crippen LogP contribution in [0.5, 0.6) is 0 Å². The lowest BCUT2D eigenvalue weighted by atomic mass is 10.2. The highest BCUT2D eigenvalue weighted by Crippen LogP contribution is 2.36. The number of nitrogens with two attached hydrogens (primary N) is 1. The third kappa shape index (κ3) is 5.55. The average molecular weight is 288 g/mol. The Bertz CT molecular complexity index is 256. The maximum absolute atomic E-state index is 5.62. The van der Waals surface area contributed by atoms with Gasteiger partial charge in [0.25, 0.3) is 0 Å². The minimum atomic E-state index is -1.28. The smallest absolute Gasteiger partial charge is 0.188 e. The lowest BCUT2D eigenvalue weighted by Gasteiger charge is -2.34. The van der Waals surface area contributed by atoms with Crippen molar-refractivity contribution in [2.75, 3.05) is 0 Å². The monoisotopic (exact) mass is 287 g/mol. The van der Waals surface area contributed by atoms with Crippen molar-refractivity contribution in [3.63, 3.8) is 0 Å². The van der Waals surface area contributed by atoms with Crippen molar-refractivity contribution < 1.29 is 4.43 Å². The molecule has 2 saturated heterocycles. The topological polar surface area (TPSA) is 35.2 Å². The van der Waals surface area contributed by atoms with Gasteiger partial charge in [-0.25, -0.2) is 0 Å². The van der Waals surface area contributed by atoms with Crippen LogP contribution in [-0.2, 0) is 4.43 Å². The molecule has 0 aromatic rings. The van der Waals surface area contributed by atoms with Gasteiger partial charge in [-0.3, -0.25) is 0 Å². The largest absolute Gasteiger partial charge is 0.402 e. The molecule has 2 rings (SSSR count). The molecule has 108 valence electrons. The Morgan fingerprint density at radius 2 is 1.61 bits per heavy atom. The van der Waals surface area contributed by atoms with Crippen molar-refractivity contribution in [2.24, 2.45) is 5.73 Å². The summed E-state index contributed by atoms with van der Waals surface area (Å²) in [7, 11) is -1.97. The van der Waals surface area contributed by atoms with Crippen molar-refractivity contribution in [3.05, 3.63) is 0 Å². The zero-order chi connectivity index (χ0) is 13.8. The second-order valence-electron chi connectivity index (χ2n) is 7.44. The summed E-state index contributed by atoms with van der Waals surface area (Å²) in [5.41, 5.74) is 6.71. The van der Waals surface area contributed by atoms with E-state index in [9.17, 15) is 0 Å². The zero-order valence-corrected chi connectivity index (χ0v) is 15.1. The normalized spacial score (nSPS) is 34.3. The van der Waals surface area contributed by atoms with E-state index in [0.29, 0.717) is 0 Å². The molecule has 2 aliphatic heterocycles. The van der Waals surface area contributed by atoms with E-state index < -0.39 is 16.4 Å². The van der Waals surface area contributed by atoms with Crippen molar-refractivity contribution in [1.82, 2.24) is 0 Å². The Labute approximate surface area is 116 Å². The number of hydrogen-bond donors (Lipinski definition) is 1. The van der Waals surface area contributed by atoms with Crippen LogP contribution in [0.4, 0.5) is 0 Å². The van der Waals surface area contributed by atoms with Crippen LogP contribution >= 0.6 is 0 Å². The van der Waals surface area contributed by atoms with Crippen LogP contribution in [0, 0.1) is 0 Å². The lowest BCUT2D eigenvalue weighted by Crippen LogP contribution is -2.43. The highest BCUT2D eigenvalue weighted by Gasteiger charge is 2.30. The van der Waals surface area contributed by atoms with Crippen LogP contribution in [0.25, 0.3) is 0 Å². The molecule has 0 aromatic heterocycles. The molecule has 0 saturated carbocycles. The number of rotatable bonds is 0. The van der Waals surface area contributed by atoms with Gasteiger partial charge in [-0.2, -0.15) is 0 Å². The molecular weight excluding hydrogens is 254 g/mol. The highest BCUT2D eigenvalue weighted by molar-refractivity contribution is 6.78. The first kappa shape index (κ1) is 16.4. The minimum absolute atomic E-state index is 0.0421. The predicted octanol–water partition coefficient (Wildman–Crippen LogP) is 4.56. The molecule has 2 nitrogen and oxygen atoms in total. The molecule has 0 radical (unpaired) electrons. The Morgan fingerprint density at radius 3 is 1.94 bits per heavy atom. The van der Waals surface area contributed by atoms with E-state index in [0.717, 1.165) is 12.0 Å². The SMILES string of the molecule is CC1CCCC[Si]1(C)C.C[Si]1(C)CCCC(N)O1. The van der Waals surface area contributed by atoms with Crippen molar-refractivity contribution in [1.29, 1.82) is 0 Å². The van der Waals surface area contributed by atoms with Crippen LogP contribution in [0.1, 0.15) is 39.0 Å². The first-order valence-corrected chi connectivity index (χ1v) is 14.1. The molecule has 2 fully saturated rings. The van der Waals surface area contributed by atoms with E-state index in [1.165, 1.54) is 31.7 Å². The molecule has 2 heterocycles. The summed E-state index contributed by atoms with van der Waals surface area (Å²) in [5, 5.41) is 0. The molecule has 0 bridgehead atoms. The summed E-state index contributed by atoms with van der Waals surface area (Å²) >= 11 is 0. The zero-order valence-electron chi connectivity index (χ0n) is 13.1. The molecule has 0 amide bonds. The van der Waals surface area contributed by atoms with E-state index in [2.05, 4.69) is 33.1 Å². The molecule has 0 spiro atoms. The Hall–Kier alpha value is 0.354. The van der Waals surface area contributed by atoms with Gasteiger partial charge in [0.1, 0.15) is 0 Å². The molecule has 0 aliphatic carbocycles. The molecule has 0 aromatic carbocycles. The van der Waals surface area contributed by atoms with Gasteiger partial charge in [-0.1, -0.05) is 45.3 Å². The maximum atomic E-state index is 5.62. The van der Waals surface area contributed by atoms with Gasteiger partial charge >= 0.3 is 0 Å². The van der Waals surface area contributed by atoms with Gasteiger partial charge in [0, 0.05) is 0 Å². The fourth-order valence-electron chi connectivity index (χ4n) is 2.92. The van der Waals surface area contributed by atoms with Crippen LogP contribution in [0.2, 0.25) is 43.8 Å². The van der Waals surface area contributed by atoms with E-state index in [4.69, 9.17) is 10.2 Å². The van der Waals surface area contributed by atoms with Gasteiger partial charge in [0.2, 0.25) is 0 Å². The second kappa shape index (κ2) is 6.68. The molecular formula is C14H33NOSi2. The van der Waals surface area contributed by atoms with E-state index in [1.807, 2.05) is 0 Å². The summed E-state index contributed by atoms with van der Waals surface area (Å²) < 4.78 is 5.59. The molecule has 2 atom stereocenters. The lowest BCUT2D eigenvalue weighted by molar-refractivity contribution is 0.168. The Kier molecular flexibility index (Phi) is 6.09. The molecule has 2 aliphatic rings. The molecule has 2 N–H and O–H groups in total. The Balaban J connectivity index is 0.000000180. The highest BCUT2D eigenvalue weighted by atomic mass is 28.4. The summed E-state index contributed by atoms with van der Waals surface area (Å²) in [6.45, 7) is 12.0. The first-order chi connectivity index (χ1) is 8.23. The predicted molar refractivity (Wildman–Crippen MR) is 86.1 cm³/mol. The fourth-order valence-corrected chi connectivity index (χ4v) is 7.68. The van der Waals surface area contributed by atoms with Crippen LogP contribution < -0.4 is 5.73 Å². The minimum Gasteiger partial charge on any atom is -0.402 e. The fraction of sp³-hybridized carbons (Fsp3) is 1.00. The molecule has 4 heteroatoms. The van der Waals surface area contributed by atoms with Gasteiger partial charge < -0.3 is 10.2 Å². The third-order valence-electron chi connectivity index (χ3n) is 4.78. The average Bonchev–Trinajstić information content (AvgIpc) is 2.21. The van der Waals surface area contributed by atoms with Crippen LogP contribution in [-0.4, -0.2) is 22.6 Å². The molecule has 2 unspecified atom stereocenters. The number of hydrogen-bond acceptors (Lipinski definition) is 2. The van der Waals surface area contributed by atoms with Gasteiger partial charge in [-0.05, 0) is 37.5 Å². The van der Waals surface area contributed by atoms with Gasteiger partial charge in [-0.15, -0.1) is 0 Å². The van der Waals surface area contributed by atoms with Crippen LogP contribution in [0.15, 0.2) is 0 Å². The van der Waals surface area contributed by atoms with E-state index >= 15 is 0 Å². The summed E-state index contributed by atoms with van der Waals surface area (Å²) in [6, 6.07) is 2.86. The van der Waals surface area contributed by atoms with Crippen LogP contribution in [0.3, 0.4) is 0 Å². The summed E-state index contributed by atoms with van der Waals surface area (Å²) in [4.78, 5) is 0. The van der Waals surface area contributed by atoms with E-state index in [1.54, 1.807) is 6.04 Å². The van der Waals surface area contributed by atoms with E-state index in [-0.39, 0.29) is 6.23 Å². The van der Waals surface area contributed by atoms with Crippen molar-refractivity contribution in [2.45, 2.75) is 89.1 Å². The quantitative estimate of drug-likeness (QED) is 0.663. The van der Waals surface area contributed by atoms with Gasteiger partial charge in [0.05, 0.1) is 14.3 Å². The second-order valence-corrected chi connectivity index (χ2v) is 17.2. The van der Waals surface area contributed by atoms with Gasteiger partial charge in [0.15, 0.2) is 8.32 Å². The summed E-state index contributed by atoms with van der Waals surface area (Å²) in [6.07, 6.45) is 6.89.